The van der Waals surface area contributed by atoms with Crippen LogP contribution < -0.4 is 0 Å². The molecule has 3 heteroatoms. The van der Waals surface area contributed by atoms with Gasteiger partial charge in [-0.15, -0.1) is 0 Å². The molecule has 130 valence electrons. The van der Waals surface area contributed by atoms with Gasteiger partial charge in [0.15, 0.2) is 0 Å². The second-order valence-electron chi connectivity index (χ2n) is 7.99. The van der Waals surface area contributed by atoms with Gasteiger partial charge < -0.3 is 4.90 Å². The maximum atomic E-state index is 12.1. The lowest BCUT2D eigenvalue weighted by Crippen LogP contribution is -2.42. The van der Waals surface area contributed by atoms with Crippen LogP contribution in [0.4, 0.5) is 0 Å². The number of amides is 1. The first kappa shape index (κ1) is 21.4. The normalized spacial score (nSPS) is 12.3. The molecule has 0 aliphatic carbocycles. The molecule has 0 atom stereocenters. The first-order chi connectivity index (χ1) is 10.1. The first-order valence-corrected chi connectivity index (χ1v) is 12.5. The predicted octanol–water partition coefficient (Wildman–Crippen LogP) is 5.87. The van der Waals surface area contributed by atoms with Crippen molar-refractivity contribution in [3.63, 3.8) is 0 Å². The van der Waals surface area contributed by atoms with Crippen molar-refractivity contribution >= 4 is 14.0 Å². The summed E-state index contributed by atoms with van der Waals surface area (Å²) >= 11 is 0. The number of hydrogen-bond donors (Lipinski definition) is 0. The third kappa shape index (κ3) is 6.27. The van der Waals surface area contributed by atoms with Gasteiger partial charge in [0.25, 0.3) is 0 Å². The van der Waals surface area contributed by atoms with Gasteiger partial charge >= 0.3 is 0 Å². The monoisotopic (exact) mass is 325 g/mol. The van der Waals surface area contributed by atoms with E-state index in [4.69, 9.17) is 0 Å². The van der Waals surface area contributed by atoms with Crippen molar-refractivity contribution in [2.24, 2.45) is 0 Å². The summed E-state index contributed by atoms with van der Waals surface area (Å²) in [4.78, 5) is 13.9. The van der Waals surface area contributed by atoms with E-state index in [2.05, 4.69) is 40.1 Å². The highest BCUT2D eigenvalue weighted by molar-refractivity contribution is 6.79. The van der Waals surface area contributed by atoms with Crippen LogP contribution in [-0.4, -0.2) is 32.5 Å². The van der Waals surface area contributed by atoms with Crippen LogP contribution in [0.2, 0.25) is 24.7 Å². The molecule has 0 aromatic carbocycles. The van der Waals surface area contributed by atoms with Gasteiger partial charge in [0.05, 0.1) is 8.07 Å². The summed E-state index contributed by atoms with van der Waals surface area (Å²) in [6.07, 6.45) is 8.96. The molecular weight excluding hydrogens is 286 g/mol. The van der Waals surface area contributed by atoms with Gasteiger partial charge in [-0.3, -0.25) is 4.79 Å². The number of carbonyl (C=O) groups excluding carboxylic acids is 1. The average molecular weight is 326 g/mol. The van der Waals surface area contributed by atoms with Crippen LogP contribution in [0.5, 0.6) is 0 Å². The molecule has 0 aliphatic rings. The van der Waals surface area contributed by atoms with E-state index in [0.29, 0.717) is 10.6 Å². The Balaban J connectivity index is 5.11. The largest absolute Gasteiger partial charge is 0.342 e. The van der Waals surface area contributed by atoms with Crippen LogP contribution >= 0.6 is 0 Å². The average Bonchev–Trinajstić information content (AvgIpc) is 2.44. The summed E-state index contributed by atoms with van der Waals surface area (Å²) in [5.74, 6) is 0.0930. The Morgan fingerprint density at radius 3 is 1.82 bits per heavy atom. The van der Waals surface area contributed by atoms with Crippen LogP contribution in [0, 0.1) is 0 Å². The Morgan fingerprint density at radius 2 is 1.50 bits per heavy atom. The highest BCUT2D eigenvalue weighted by Crippen LogP contribution is 2.50. The number of nitrogens with zero attached hydrogens (tertiary/aromatic N) is 1. The second-order valence-corrected chi connectivity index (χ2v) is 13.6. The van der Waals surface area contributed by atoms with Crippen LogP contribution in [0.1, 0.15) is 65.7 Å². The Kier molecular flexibility index (Phi) is 9.29. The number of likely N-dealkylation sites (N-methyl/N-ethyl adjacent to an activating group) is 1. The topological polar surface area (TPSA) is 20.3 Å². The number of hydrogen-bond acceptors (Lipinski definition) is 1. The minimum absolute atomic E-state index is 0.0930. The third-order valence-electron chi connectivity index (χ3n) is 5.25. The SMILES string of the molecule is C=C(C)C(=O)N(C)CCC(CCCC)(CCCC)[Si](C)(C)C. The van der Waals surface area contributed by atoms with Gasteiger partial charge in [0.2, 0.25) is 5.91 Å². The minimum atomic E-state index is -1.30. The standard InChI is InChI=1S/C19H39NOSi/c1-9-11-13-19(14-12-10-2,22(6,7)8)15-16-20(5)18(21)17(3)4/h3,9-16H2,1-2,4-8H3. The van der Waals surface area contributed by atoms with Crippen molar-refractivity contribution in [3.8, 4) is 0 Å². The van der Waals surface area contributed by atoms with Crippen LogP contribution in [0.25, 0.3) is 0 Å². The molecule has 22 heavy (non-hydrogen) atoms. The Bertz CT molecular complexity index is 349. The molecule has 1 amide bonds. The molecule has 0 aliphatic heterocycles. The Morgan fingerprint density at radius 1 is 1.05 bits per heavy atom. The first-order valence-electron chi connectivity index (χ1n) is 9.02. The second kappa shape index (κ2) is 9.54. The molecular formula is C19H39NOSi. The predicted molar refractivity (Wildman–Crippen MR) is 102 cm³/mol. The fourth-order valence-corrected chi connectivity index (χ4v) is 6.05. The van der Waals surface area contributed by atoms with Crippen LogP contribution in [0.15, 0.2) is 12.2 Å². The molecule has 0 rings (SSSR count). The van der Waals surface area contributed by atoms with Crippen molar-refractivity contribution < 1.29 is 4.79 Å². The van der Waals surface area contributed by atoms with Crippen molar-refractivity contribution in [1.29, 1.82) is 0 Å². The fraction of sp³-hybridized carbons (Fsp3) is 0.842. The maximum Gasteiger partial charge on any atom is 0.248 e. The molecule has 0 aromatic heterocycles. The number of rotatable bonds is 11. The zero-order valence-electron chi connectivity index (χ0n) is 16.2. The van der Waals surface area contributed by atoms with E-state index in [9.17, 15) is 4.79 Å². The lowest BCUT2D eigenvalue weighted by molar-refractivity contribution is -0.125. The molecule has 0 saturated heterocycles. The van der Waals surface area contributed by atoms with Gasteiger partial charge in [-0.1, -0.05) is 65.8 Å². The molecule has 2 nitrogen and oxygen atoms in total. The van der Waals surface area contributed by atoms with Crippen molar-refractivity contribution in [2.45, 2.75) is 90.4 Å². The van der Waals surface area contributed by atoms with Gasteiger partial charge in [-0.2, -0.15) is 0 Å². The quantitative estimate of drug-likeness (QED) is 0.343. The lowest BCUT2D eigenvalue weighted by Gasteiger charge is -2.45. The van der Waals surface area contributed by atoms with E-state index in [1.165, 1.54) is 38.5 Å². The molecule has 0 bridgehead atoms. The highest BCUT2D eigenvalue weighted by atomic mass is 28.3. The highest BCUT2D eigenvalue weighted by Gasteiger charge is 2.41. The molecule has 0 aromatic rings. The fourth-order valence-electron chi connectivity index (χ4n) is 3.34. The van der Waals surface area contributed by atoms with Crippen LogP contribution in [0.3, 0.4) is 0 Å². The third-order valence-corrected chi connectivity index (χ3v) is 9.18. The van der Waals surface area contributed by atoms with Gasteiger partial charge in [0.1, 0.15) is 0 Å². The van der Waals surface area contributed by atoms with E-state index in [1.54, 1.807) is 6.92 Å². The molecule has 0 unspecified atom stereocenters. The smallest absolute Gasteiger partial charge is 0.248 e. The molecule has 0 fully saturated rings. The Hall–Kier alpha value is -0.573. The van der Waals surface area contributed by atoms with E-state index in [0.717, 1.165) is 13.0 Å². The molecule has 0 spiro atoms. The van der Waals surface area contributed by atoms with Gasteiger partial charge in [-0.05, 0) is 31.2 Å². The molecule has 0 saturated carbocycles. The summed E-state index contributed by atoms with van der Waals surface area (Å²) in [5, 5.41) is 0.461. The zero-order valence-corrected chi connectivity index (χ0v) is 17.2. The summed E-state index contributed by atoms with van der Waals surface area (Å²) in [6, 6.07) is 0. The van der Waals surface area contributed by atoms with E-state index in [1.807, 2.05) is 11.9 Å². The zero-order chi connectivity index (χ0) is 17.4. The van der Waals surface area contributed by atoms with Crippen molar-refractivity contribution in [3.05, 3.63) is 12.2 Å². The van der Waals surface area contributed by atoms with Crippen molar-refractivity contribution in [1.82, 2.24) is 4.90 Å². The lowest BCUT2D eigenvalue weighted by atomic mass is 9.91. The summed E-state index contributed by atoms with van der Waals surface area (Å²) < 4.78 is 0. The van der Waals surface area contributed by atoms with Crippen LogP contribution in [-0.2, 0) is 4.79 Å². The summed E-state index contributed by atoms with van der Waals surface area (Å²) in [7, 11) is 0.622. The summed E-state index contributed by atoms with van der Waals surface area (Å²) in [6.45, 7) is 18.6. The van der Waals surface area contributed by atoms with E-state index < -0.39 is 8.07 Å². The maximum absolute atomic E-state index is 12.1. The van der Waals surface area contributed by atoms with Gasteiger partial charge in [0, 0.05) is 19.2 Å². The summed E-state index contributed by atoms with van der Waals surface area (Å²) in [5.41, 5.74) is 0.642. The molecule has 0 radical (unpaired) electrons. The van der Waals surface area contributed by atoms with E-state index in [-0.39, 0.29) is 5.91 Å². The van der Waals surface area contributed by atoms with Crippen molar-refractivity contribution in [2.75, 3.05) is 13.6 Å². The molecule has 0 heterocycles. The Labute approximate surface area is 140 Å². The molecule has 0 N–H and O–H groups in total. The minimum Gasteiger partial charge on any atom is -0.342 e. The number of unbranched alkanes of at least 4 members (excludes halogenated alkanes) is 2. The number of carbonyl (C=O) groups is 1. The van der Waals surface area contributed by atoms with Gasteiger partial charge in [-0.25, -0.2) is 0 Å². The van der Waals surface area contributed by atoms with E-state index >= 15 is 0 Å².